The third kappa shape index (κ3) is 20.6. The van der Waals surface area contributed by atoms with Crippen LogP contribution in [0.2, 0.25) is 0 Å². The molecule has 0 fully saturated rings. The maximum Gasteiger partial charge on any atom is 0.312 e. The smallest absolute Gasteiger partial charge is 0.312 e. The molecular formula is C33H66NO4Y-. The molecule has 0 heterocycles. The second-order valence-corrected chi connectivity index (χ2v) is 15.9. The monoisotopic (exact) mass is 629 g/mol. The van der Waals surface area contributed by atoms with Gasteiger partial charge in [0, 0.05) is 45.6 Å². The van der Waals surface area contributed by atoms with Crippen LogP contribution in [0.1, 0.15) is 148 Å². The fourth-order valence-electron chi connectivity index (χ4n) is 4.86. The van der Waals surface area contributed by atoms with E-state index in [2.05, 4.69) is 76.2 Å². The van der Waals surface area contributed by atoms with E-state index >= 15 is 0 Å². The number of carbonyl (C=O) groups is 2. The van der Waals surface area contributed by atoms with Gasteiger partial charge in [0.05, 0.1) is 12.0 Å². The standard InChI is InChI=1S/C19H38NO.C14H28O3.Y/c1-15(2)13-16(3)18(4,5)14-17(21)11-9-8-10-12-19(6,7)20;1-12(2,3)10-14(7,13(4,5)6)11(16)17-9-8-15;/h15-16,20H,8-14H2,1-7H3;15H,8-10H2,1-7H3;/q-1;;. The van der Waals surface area contributed by atoms with Crippen molar-refractivity contribution in [2.45, 2.75) is 154 Å². The molecule has 231 valence electrons. The van der Waals surface area contributed by atoms with Gasteiger partial charge in [-0.25, -0.2) is 0 Å². The van der Waals surface area contributed by atoms with Crippen LogP contribution in [0.25, 0.3) is 5.73 Å². The number of aliphatic hydroxyl groups excluding tert-OH is 1. The number of ketones is 1. The number of hydrogen-bond acceptors (Lipinski definition) is 4. The van der Waals surface area contributed by atoms with Crippen LogP contribution in [-0.4, -0.2) is 35.6 Å². The quantitative estimate of drug-likeness (QED) is 0.144. The molecule has 2 unspecified atom stereocenters. The molecule has 0 aliphatic carbocycles. The molecule has 0 spiro atoms. The van der Waals surface area contributed by atoms with Crippen molar-refractivity contribution < 1.29 is 52.1 Å². The molecule has 0 bridgehead atoms. The first-order chi connectivity index (χ1) is 16.9. The third-order valence-corrected chi connectivity index (χ3v) is 7.88. The fraction of sp³-hybridized carbons (Fsp3) is 0.939. The number of Topliss-reactive ketones (excluding diaryl/α,β-unsaturated/α-hetero) is 1. The van der Waals surface area contributed by atoms with E-state index < -0.39 is 5.41 Å². The van der Waals surface area contributed by atoms with Crippen molar-refractivity contribution in [3.8, 4) is 0 Å². The van der Waals surface area contributed by atoms with Crippen LogP contribution in [0.4, 0.5) is 0 Å². The summed E-state index contributed by atoms with van der Waals surface area (Å²) in [6, 6.07) is 0. The zero-order valence-corrected chi connectivity index (χ0v) is 31.3. The number of carbonyl (C=O) groups excluding carboxylic acids is 2. The Labute approximate surface area is 268 Å². The van der Waals surface area contributed by atoms with Gasteiger partial charge in [0.2, 0.25) is 0 Å². The van der Waals surface area contributed by atoms with Gasteiger partial charge in [0.15, 0.2) is 0 Å². The second kappa shape index (κ2) is 18.6. The normalized spacial score (nSPS) is 15.0. The Balaban J connectivity index is -0.000000662. The predicted molar refractivity (Wildman–Crippen MR) is 163 cm³/mol. The van der Waals surface area contributed by atoms with E-state index in [1.165, 1.54) is 6.42 Å². The first-order valence-corrected chi connectivity index (χ1v) is 14.9. The molecule has 0 rings (SSSR count). The summed E-state index contributed by atoms with van der Waals surface area (Å²) in [7, 11) is 0. The van der Waals surface area contributed by atoms with Crippen LogP contribution >= 0.6 is 0 Å². The SMILES string of the molecule is CC(C)(C)CC(C)(C(=O)OCCO)C(C)(C)C.CC(C)CC(C)C(C)(C)CC(=O)CCCCCC(C)(C)[NH-].[Y]. The molecule has 1 radical (unpaired) electrons. The van der Waals surface area contributed by atoms with Crippen molar-refractivity contribution in [2.24, 2.45) is 33.5 Å². The minimum Gasteiger partial charge on any atom is -0.672 e. The number of ether oxygens (including phenoxy) is 1. The Morgan fingerprint density at radius 2 is 1.36 bits per heavy atom. The maximum absolute atomic E-state index is 12.2. The van der Waals surface area contributed by atoms with E-state index in [9.17, 15) is 9.59 Å². The number of unbranched alkanes of at least 4 members (excludes halogenated alkanes) is 2. The van der Waals surface area contributed by atoms with E-state index in [-0.39, 0.29) is 73.7 Å². The Morgan fingerprint density at radius 3 is 1.74 bits per heavy atom. The molecule has 39 heavy (non-hydrogen) atoms. The molecule has 0 aliphatic rings. The minimum absolute atomic E-state index is 0. The Kier molecular flexibility index (Phi) is 20.9. The number of aliphatic hydroxyl groups is 1. The summed E-state index contributed by atoms with van der Waals surface area (Å²) in [6.07, 6.45) is 7.45. The maximum atomic E-state index is 12.2. The molecule has 2 atom stereocenters. The zero-order chi connectivity index (χ0) is 30.6. The minimum atomic E-state index is -0.541. The number of nitrogens with one attached hydrogen (secondary N) is 1. The number of hydrogen-bond donors (Lipinski definition) is 1. The van der Waals surface area contributed by atoms with Crippen molar-refractivity contribution in [3.05, 3.63) is 5.73 Å². The first kappa shape index (κ1) is 43.6. The van der Waals surface area contributed by atoms with Gasteiger partial charge < -0.3 is 15.6 Å². The van der Waals surface area contributed by atoms with E-state index in [0.717, 1.165) is 38.5 Å². The summed E-state index contributed by atoms with van der Waals surface area (Å²) in [6.45, 7) is 29.6. The van der Waals surface area contributed by atoms with Gasteiger partial charge in [-0.05, 0) is 54.3 Å². The molecule has 0 aliphatic heterocycles. The molecule has 0 saturated carbocycles. The zero-order valence-electron chi connectivity index (χ0n) is 28.5. The summed E-state index contributed by atoms with van der Waals surface area (Å²) in [5.74, 6) is 1.49. The van der Waals surface area contributed by atoms with Crippen LogP contribution in [0.5, 0.6) is 0 Å². The van der Waals surface area contributed by atoms with Crippen molar-refractivity contribution in [3.63, 3.8) is 0 Å². The van der Waals surface area contributed by atoms with Crippen LogP contribution in [-0.2, 0) is 47.0 Å². The van der Waals surface area contributed by atoms with Gasteiger partial charge in [-0.3, -0.25) is 9.59 Å². The number of esters is 1. The average Bonchev–Trinajstić information content (AvgIpc) is 2.68. The summed E-state index contributed by atoms with van der Waals surface area (Å²) in [5, 5.41) is 8.74. The van der Waals surface area contributed by atoms with Crippen molar-refractivity contribution in [1.82, 2.24) is 0 Å². The first-order valence-electron chi connectivity index (χ1n) is 14.9. The predicted octanol–water partition coefficient (Wildman–Crippen LogP) is 9.44. The van der Waals surface area contributed by atoms with Crippen molar-refractivity contribution in [1.29, 1.82) is 0 Å². The average molecular weight is 630 g/mol. The van der Waals surface area contributed by atoms with Crippen LogP contribution in [0.3, 0.4) is 0 Å². The fourth-order valence-corrected chi connectivity index (χ4v) is 4.86. The van der Waals surface area contributed by atoms with Crippen LogP contribution < -0.4 is 0 Å². The second-order valence-electron chi connectivity index (χ2n) is 15.9. The Bertz CT molecular complexity index is 683. The Hall–Kier alpha value is 0.164. The summed E-state index contributed by atoms with van der Waals surface area (Å²) in [4.78, 5) is 24.4. The topological polar surface area (TPSA) is 87.4 Å². The van der Waals surface area contributed by atoms with Gasteiger partial charge in [-0.15, -0.1) is 5.54 Å². The Morgan fingerprint density at radius 1 is 0.846 bits per heavy atom. The summed E-state index contributed by atoms with van der Waals surface area (Å²) < 4.78 is 5.14. The van der Waals surface area contributed by atoms with Gasteiger partial charge >= 0.3 is 5.97 Å². The molecule has 6 heteroatoms. The van der Waals surface area contributed by atoms with E-state index in [4.69, 9.17) is 15.6 Å². The van der Waals surface area contributed by atoms with Crippen LogP contribution in [0.15, 0.2) is 0 Å². The van der Waals surface area contributed by atoms with Gasteiger partial charge in [-0.2, -0.15) is 0 Å². The van der Waals surface area contributed by atoms with E-state index in [1.54, 1.807) is 0 Å². The molecular weight excluding hydrogens is 563 g/mol. The van der Waals surface area contributed by atoms with Gasteiger partial charge in [0.25, 0.3) is 0 Å². The van der Waals surface area contributed by atoms with Crippen LogP contribution in [0, 0.1) is 33.5 Å². The van der Waals surface area contributed by atoms with Gasteiger partial charge in [-0.1, -0.05) is 109 Å². The van der Waals surface area contributed by atoms with E-state index in [1.807, 2.05) is 20.8 Å². The molecule has 0 saturated heterocycles. The molecule has 0 aromatic rings. The van der Waals surface area contributed by atoms with E-state index in [0.29, 0.717) is 24.0 Å². The molecule has 0 aromatic carbocycles. The van der Waals surface area contributed by atoms with Gasteiger partial charge in [0.1, 0.15) is 12.4 Å². The molecule has 5 nitrogen and oxygen atoms in total. The van der Waals surface area contributed by atoms with Crippen molar-refractivity contribution >= 4 is 11.8 Å². The van der Waals surface area contributed by atoms with Crippen molar-refractivity contribution in [2.75, 3.05) is 13.2 Å². The summed E-state index contributed by atoms with van der Waals surface area (Å²) >= 11 is 0. The molecule has 0 amide bonds. The summed E-state index contributed by atoms with van der Waals surface area (Å²) in [5.41, 5.74) is 6.94. The molecule has 0 aromatic heterocycles. The third-order valence-electron chi connectivity index (χ3n) is 7.88. The number of rotatable bonds is 15. The largest absolute Gasteiger partial charge is 0.672 e. The molecule has 2 N–H and O–H groups in total.